The van der Waals surface area contributed by atoms with Gasteiger partial charge in [-0.2, -0.15) is 0 Å². The maximum atomic E-state index is 6.80. The number of hydrogen-bond acceptors (Lipinski definition) is 5. The molecule has 5 heteroatoms. The van der Waals surface area contributed by atoms with Crippen LogP contribution in [-0.4, -0.2) is 15.0 Å². The molecule has 11 rings (SSSR count). The molecule has 0 radical (unpaired) electrons. The van der Waals surface area contributed by atoms with Gasteiger partial charge in [-0.1, -0.05) is 158 Å². The lowest BCUT2D eigenvalue weighted by molar-refractivity contribution is 0.669. The van der Waals surface area contributed by atoms with Gasteiger partial charge in [0, 0.05) is 38.2 Å². The van der Waals surface area contributed by atoms with Gasteiger partial charge in [-0.3, -0.25) is 0 Å². The highest BCUT2D eigenvalue weighted by atomic mass is 16.3. The van der Waals surface area contributed by atoms with Gasteiger partial charge in [-0.25, -0.2) is 15.0 Å². The number of benzene rings is 8. The maximum Gasteiger partial charge on any atom is 0.167 e. The van der Waals surface area contributed by atoms with Crippen LogP contribution in [0.15, 0.2) is 197 Å². The van der Waals surface area contributed by atoms with E-state index in [2.05, 4.69) is 115 Å². The Balaban J connectivity index is 1.12. The van der Waals surface area contributed by atoms with E-state index in [-0.39, 0.29) is 0 Å². The van der Waals surface area contributed by atoms with Crippen molar-refractivity contribution in [3.63, 3.8) is 0 Å². The lowest BCUT2D eigenvalue weighted by Gasteiger charge is -2.10. The second-order valence-electron chi connectivity index (χ2n) is 13.9. The first kappa shape index (κ1) is 31.9. The second-order valence-corrected chi connectivity index (χ2v) is 13.9. The van der Waals surface area contributed by atoms with Gasteiger partial charge >= 0.3 is 0 Å². The molecular weight excluding hydrogens is 687 g/mol. The van der Waals surface area contributed by atoms with Crippen LogP contribution < -0.4 is 0 Å². The summed E-state index contributed by atoms with van der Waals surface area (Å²) in [5.41, 5.74) is 12.3. The summed E-state index contributed by atoms with van der Waals surface area (Å²) in [5, 5.41) is 4.16. The molecule has 0 aliphatic rings. The van der Waals surface area contributed by atoms with Crippen LogP contribution in [0.25, 0.3) is 111 Å². The summed E-state index contributed by atoms with van der Waals surface area (Å²) in [6.45, 7) is 0. The van der Waals surface area contributed by atoms with Crippen LogP contribution in [-0.2, 0) is 0 Å². The number of fused-ring (bicyclic) bond motifs is 6. The normalized spacial score (nSPS) is 11.6. The van der Waals surface area contributed by atoms with Gasteiger partial charge in [0.25, 0.3) is 0 Å². The average molecular weight is 718 g/mol. The zero-order valence-electron chi connectivity index (χ0n) is 30.1. The largest absolute Gasteiger partial charge is 0.455 e. The first-order chi connectivity index (χ1) is 27.8. The quantitative estimate of drug-likeness (QED) is 0.171. The molecule has 0 unspecified atom stereocenters. The van der Waals surface area contributed by atoms with Gasteiger partial charge in [0.05, 0.1) is 5.56 Å². The Morgan fingerprint density at radius 1 is 0.286 bits per heavy atom. The Labute approximate surface area is 322 Å². The van der Waals surface area contributed by atoms with Gasteiger partial charge in [-0.05, 0) is 58.1 Å². The van der Waals surface area contributed by atoms with E-state index >= 15 is 0 Å². The van der Waals surface area contributed by atoms with Crippen molar-refractivity contribution in [3.05, 3.63) is 188 Å². The summed E-state index contributed by atoms with van der Waals surface area (Å²) < 4.78 is 13.5. The first-order valence-electron chi connectivity index (χ1n) is 18.7. The Morgan fingerprint density at radius 2 is 0.821 bits per heavy atom. The van der Waals surface area contributed by atoms with Crippen molar-refractivity contribution in [2.24, 2.45) is 0 Å². The van der Waals surface area contributed by atoms with Crippen LogP contribution in [0.5, 0.6) is 0 Å². The number of para-hydroxylation sites is 2. The predicted molar refractivity (Wildman–Crippen MR) is 227 cm³/mol. The SMILES string of the molecule is c1ccc(-c2cccc(-c3nc(-c4ccccc4)nc(-c4cccc5c4oc4cccc(-c6ccc(-c7ccccc7)c7c6oc6ccccc67)c45)n3)c2)cc1. The monoisotopic (exact) mass is 717 g/mol. The standard InChI is InChI=1S/C51H31N3O2/c1-4-15-32(16-5-1)35-21-12-22-36(31-35)50-52-49(34-19-8-3-9-20-34)53-51(54-50)42-26-13-25-41-45-38(24-14-28-44(45)56-47(41)42)39-30-29-37(33-17-6-2-7-18-33)46-40-23-10-11-27-43(40)55-48(39)46/h1-31H. The Kier molecular flexibility index (Phi) is 7.42. The highest BCUT2D eigenvalue weighted by Crippen LogP contribution is 2.46. The molecule has 0 aliphatic heterocycles. The van der Waals surface area contributed by atoms with Crippen molar-refractivity contribution < 1.29 is 8.83 Å². The Morgan fingerprint density at radius 3 is 1.62 bits per heavy atom. The summed E-state index contributed by atoms with van der Waals surface area (Å²) in [5.74, 6) is 1.72. The molecule has 3 heterocycles. The molecule has 56 heavy (non-hydrogen) atoms. The fraction of sp³-hybridized carbons (Fsp3) is 0. The van der Waals surface area contributed by atoms with Crippen LogP contribution in [0.1, 0.15) is 0 Å². The minimum atomic E-state index is 0.539. The zero-order valence-corrected chi connectivity index (χ0v) is 30.1. The highest BCUT2D eigenvalue weighted by molar-refractivity contribution is 6.21. The van der Waals surface area contributed by atoms with Crippen molar-refractivity contribution in [2.75, 3.05) is 0 Å². The molecule has 0 saturated heterocycles. The first-order valence-corrected chi connectivity index (χ1v) is 18.7. The molecule has 262 valence electrons. The number of hydrogen-bond donors (Lipinski definition) is 0. The van der Waals surface area contributed by atoms with Crippen molar-refractivity contribution in [1.82, 2.24) is 15.0 Å². The van der Waals surface area contributed by atoms with Gasteiger partial charge in [0.2, 0.25) is 0 Å². The Bertz CT molecular complexity index is 3240. The lowest BCUT2D eigenvalue weighted by atomic mass is 9.93. The van der Waals surface area contributed by atoms with Crippen molar-refractivity contribution in [3.8, 4) is 67.5 Å². The number of rotatable bonds is 6. The van der Waals surface area contributed by atoms with Gasteiger partial charge in [-0.15, -0.1) is 0 Å². The van der Waals surface area contributed by atoms with Crippen LogP contribution in [0, 0.1) is 0 Å². The van der Waals surface area contributed by atoms with Crippen molar-refractivity contribution in [2.45, 2.75) is 0 Å². The molecular formula is C51H31N3O2. The van der Waals surface area contributed by atoms with E-state index < -0.39 is 0 Å². The molecule has 0 atom stereocenters. The number of furan rings is 2. The van der Waals surface area contributed by atoms with E-state index in [4.69, 9.17) is 23.8 Å². The van der Waals surface area contributed by atoms with Crippen LogP contribution >= 0.6 is 0 Å². The molecule has 0 aliphatic carbocycles. The van der Waals surface area contributed by atoms with E-state index in [0.29, 0.717) is 23.1 Å². The highest BCUT2D eigenvalue weighted by Gasteiger charge is 2.23. The van der Waals surface area contributed by atoms with Gasteiger partial charge in [0.15, 0.2) is 17.5 Å². The molecule has 8 aromatic carbocycles. The topological polar surface area (TPSA) is 65.0 Å². The average Bonchev–Trinajstić information content (AvgIpc) is 3.86. The Hall–Kier alpha value is -7.63. The third-order valence-electron chi connectivity index (χ3n) is 10.6. The molecule has 3 aromatic heterocycles. The zero-order chi connectivity index (χ0) is 37.0. The van der Waals surface area contributed by atoms with Gasteiger partial charge < -0.3 is 8.83 Å². The molecule has 5 nitrogen and oxygen atoms in total. The molecule has 11 aromatic rings. The summed E-state index contributed by atoms with van der Waals surface area (Å²) in [6.07, 6.45) is 0. The fourth-order valence-corrected chi connectivity index (χ4v) is 7.96. The minimum absolute atomic E-state index is 0.539. The molecule has 0 N–H and O–H groups in total. The van der Waals surface area contributed by atoms with Crippen molar-refractivity contribution in [1.29, 1.82) is 0 Å². The van der Waals surface area contributed by atoms with Gasteiger partial charge in [0.1, 0.15) is 22.3 Å². The lowest BCUT2D eigenvalue weighted by Crippen LogP contribution is -2.00. The molecule has 0 fully saturated rings. The summed E-state index contributed by atoms with van der Waals surface area (Å²) in [4.78, 5) is 15.3. The van der Waals surface area contributed by atoms with E-state index in [9.17, 15) is 0 Å². The van der Waals surface area contributed by atoms with Crippen LogP contribution in [0.4, 0.5) is 0 Å². The third kappa shape index (κ3) is 5.29. The van der Waals surface area contributed by atoms with Crippen molar-refractivity contribution >= 4 is 43.9 Å². The summed E-state index contributed by atoms with van der Waals surface area (Å²) >= 11 is 0. The summed E-state index contributed by atoms with van der Waals surface area (Å²) in [7, 11) is 0. The van der Waals surface area contributed by atoms with E-state index in [1.54, 1.807) is 0 Å². The smallest absolute Gasteiger partial charge is 0.167 e. The third-order valence-corrected chi connectivity index (χ3v) is 10.6. The number of nitrogens with zero attached hydrogens (tertiary/aromatic N) is 3. The van der Waals surface area contributed by atoms with E-state index in [1.165, 1.54) is 0 Å². The van der Waals surface area contributed by atoms with E-state index in [0.717, 1.165) is 88.4 Å². The fourth-order valence-electron chi connectivity index (χ4n) is 7.96. The molecule has 0 saturated carbocycles. The van der Waals surface area contributed by atoms with Crippen LogP contribution in [0.2, 0.25) is 0 Å². The summed E-state index contributed by atoms with van der Waals surface area (Å²) in [6, 6.07) is 64.4. The maximum absolute atomic E-state index is 6.80. The predicted octanol–water partition coefficient (Wildman–Crippen LogP) is 13.7. The molecule has 0 bridgehead atoms. The minimum Gasteiger partial charge on any atom is -0.455 e. The molecule has 0 amide bonds. The van der Waals surface area contributed by atoms with E-state index in [1.807, 2.05) is 72.8 Å². The second kappa shape index (κ2) is 13.0. The molecule has 0 spiro atoms. The number of aromatic nitrogens is 3. The van der Waals surface area contributed by atoms with Crippen LogP contribution in [0.3, 0.4) is 0 Å².